The van der Waals surface area contributed by atoms with Gasteiger partial charge >= 0.3 is 5.97 Å². The number of hydrogen-bond acceptors (Lipinski definition) is 3. The Kier molecular flexibility index (Phi) is 3.82. The normalized spacial score (nSPS) is 28.2. The van der Waals surface area contributed by atoms with Gasteiger partial charge in [0.05, 0.1) is 0 Å². The summed E-state index contributed by atoms with van der Waals surface area (Å²) in [4.78, 5) is 13.5. The third kappa shape index (κ3) is 2.95. The van der Waals surface area contributed by atoms with Crippen molar-refractivity contribution >= 4 is 5.97 Å². The van der Waals surface area contributed by atoms with Crippen molar-refractivity contribution < 1.29 is 9.90 Å². The predicted molar refractivity (Wildman–Crippen MR) is 62.4 cm³/mol. The topological polar surface area (TPSA) is 52.6 Å². The zero-order valence-corrected chi connectivity index (χ0v) is 9.98. The van der Waals surface area contributed by atoms with Crippen molar-refractivity contribution in [1.29, 1.82) is 0 Å². The van der Waals surface area contributed by atoms with E-state index in [1.165, 1.54) is 13.0 Å². The molecule has 1 aliphatic heterocycles. The first-order chi connectivity index (χ1) is 7.70. The Morgan fingerprint density at radius 1 is 1.50 bits per heavy atom. The number of likely N-dealkylation sites (tertiary alicyclic amines) is 1. The van der Waals surface area contributed by atoms with Crippen LogP contribution in [0.15, 0.2) is 0 Å². The number of aliphatic carboxylic acids is 1. The Bertz CT molecular complexity index is 253. The molecule has 0 aromatic rings. The zero-order chi connectivity index (χ0) is 11.5. The van der Waals surface area contributed by atoms with Gasteiger partial charge in [-0.1, -0.05) is 6.92 Å². The van der Waals surface area contributed by atoms with Crippen molar-refractivity contribution in [2.24, 2.45) is 11.8 Å². The number of carboxylic acids is 1. The molecule has 2 aliphatic rings. The van der Waals surface area contributed by atoms with Crippen LogP contribution in [0.25, 0.3) is 0 Å². The van der Waals surface area contributed by atoms with Gasteiger partial charge in [-0.05, 0) is 44.2 Å². The number of hydrogen-bond donors (Lipinski definition) is 2. The maximum Gasteiger partial charge on any atom is 0.320 e. The Morgan fingerprint density at radius 2 is 2.25 bits per heavy atom. The van der Waals surface area contributed by atoms with Crippen molar-refractivity contribution in [2.45, 2.75) is 32.2 Å². The first kappa shape index (κ1) is 11.9. The SMILES string of the molecule is CCN1CCC(CNC(C(=O)O)C2CC2)C1. The molecule has 1 saturated carbocycles. The standard InChI is InChI=1S/C12H22N2O2/c1-2-14-6-5-9(8-14)7-13-11(12(15)16)10-3-4-10/h9-11,13H,2-8H2,1H3,(H,15,16). The van der Waals surface area contributed by atoms with Gasteiger partial charge in [-0.3, -0.25) is 4.79 Å². The van der Waals surface area contributed by atoms with E-state index in [-0.39, 0.29) is 6.04 Å². The van der Waals surface area contributed by atoms with Crippen LogP contribution in [0.3, 0.4) is 0 Å². The molecule has 92 valence electrons. The zero-order valence-electron chi connectivity index (χ0n) is 9.98. The Balaban J connectivity index is 1.71. The fraction of sp³-hybridized carbons (Fsp3) is 0.917. The van der Waals surface area contributed by atoms with E-state index < -0.39 is 5.97 Å². The number of carboxylic acid groups (broad SMARTS) is 1. The highest BCUT2D eigenvalue weighted by Gasteiger charge is 2.36. The lowest BCUT2D eigenvalue weighted by atomic mass is 10.1. The van der Waals surface area contributed by atoms with E-state index in [0.29, 0.717) is 11.8 Å². The summed E-state index contributed by atoms with van der Waals surface area (Å²) in [6.07, 6.45) is 3.36. The summed E-state index contributed by atoms with van der Waals surface area (Å²) in [5.74, 6) is 0.356. The molecule has 1 aliphatic carbocycles. The van der Waals surface area contributed by atoms with E-state index in [4.69, 9.17) is 5.11 Å². The second-order valence-electron chi connectivity index (χ2n) is 5.11. The second kappa shape index (κ2) is 5.15. The molecule has 2 rings (SSSR count). The molecule has 1 heterocycles. The van der Waals surface area contributed by atoms with E-state index >= 15 is 0 Å². The van der Waals surface area contributed by atoms with Gasteiger partial charge in [-0.15, -0.1) is 0 Å². The van der Waals surface area contributed by atoms with Gasteiger partial charge in [0, 0.05) is 13.1 Å². The van der Waals surface area contributed by atoms with Crippen LogP contribution in [0, 0.1) is 11.8 Å². The number of rotatable bonds is 6. The molecule has 16 heavy (non-hydrogen) atoms. The molecule has 2 N–H and O–H groups in total. The highest BCUT2D eigenvalue weighted by atomic mass is 16.4. The van der Waals surface area contributed by atoms with Crippen molar-refractivity contribution in [3.05, 3.63) is 0 Å². The molecule has 2 atom stereocenters. The van der Waals surface area contributed by atoms with E-state index in [1.54, 1.807) is 0 Å². The van der Waals surface area contributed by atoms with Gasteiger partial charge < -0.3 is 15.3 Å². The Morgan fingerprint density at radius 3 is 2.75 bits per heavy atom. The quantitative estimate of drug-likeness (QED) is 0.703. The average molecular weight is 226 g/mol. The molecule has 2 fully saturated rings. The van der Waals surface area contributed by atoms with E-state index in [0.717, 1.165) is 32.5 Å². The minimum Gasteiger partial charge on any atom is -0.480 e. The summed E-state index contributed by atoms with van der Waals surface area (Å²) >= 11 is 0. The van der Waals surface area contributed by atoms with Gasteiger partial charge in [0.15, 0.2) is 0 Å². The molecule has 4 nitrogen and oxygen atoms in total. The Hall–Kier alpha value is -0.610. The van der Waals surface area contributed by atoms with Crippen LogP contribution in [0.2, 0.25) is 0 Å². The lowest BCUT2D eigenvalue weighted by Gasteiger charge is -2.17. The van der Waals surface area contributed by atoms with Crippen LogP contribution in [-0.2, 0) is 4.79 Å². The molecular formula is C12H22N2O2. The van der Waals surface area contributed by atoms with Gasteiger partial charge in [0.25, 0.3) is 0 Å². The molecule has 0 radical (unpaired) electrons. The third-order valence-electron chi connectivity index (χ3n) is 3.80. The monoisotopic (exact) mass is 226 g/mol. The van der Waals surface area contributed by atoms with Crippen molar-refractivity contribution in [3.8, 4) is 0 Å². The molecule has 0 spiro atoms. The van der Waals surface area contributed by atoms with Gasteiger partial charge in [0.1, 0.15) is 6.04 Å². The molecular weight excluding hydrogens is 204 g/mol. The summed E-state index contributed by atoms with van der Waals surface area (Å²) in [6.45, 7) is 6.45. The van der Waals surface area contributed by atoms with Crippen LogP contribution in [0.5, 0.6) is 0 Å². The van der Waals surface area contributed by atoms with Crippen LogP contribution in [0.4, 0.5) is 0 Å². The van der Waals surface area contributed by atoms with Crippen LogP contribution < -0.4 is 5.32 Å². The first-order valence-electron chi connectivity index (χ1n) is 6.39. The van der Waals surface area contributed by atoms with Gasteiger partial charge in [-0.25, -0.2) is 0 Å². The van der Waals surface area contributed by atoms with E-state index in [1.807, 2.05) is 0 Å². The number of nitrogens with one attached hydrogen (secondary N) is 1. The minimum atomic E-state index is -0.673. The molecule has 1 saturated heterocycles. The summed E-state index contributed by atoms with van der Waals surface area (Å²) in [6, 6.07) is -0.296. The van der Waals surface area contributed by atoms with Crippen molar-refractivity contribution in [3.63, 3.8) is 0 Å². The number of carbonyl (C=O) groups is 1. The van der Waals surface area contributed by atoms with Gasteiger partial charge in [0.2, 0.25) is 0 Å². The van der Waals surface area contributed by atoms with E-state index in [9.17, 15) is 4.79 Å². The fourth-order valence-electron chi connectivity index (χ4n) is 2.55. The highest BCUT2D eigenvalue weighted by Crippen LogP contribution is 2.32. The maximum absolute atomic E-state index is 11.0. The van der Waals surface area contributed by atoms with Crippen LogP contribution >= 0.6 is 0 Å². The summed E-state index contributed by atoms with van der Waals surface area (Å²) in [7, 11) is 0. The Labute approximate surface area is 97.0 Å². The molecule has 4 heteroatoms. The predicted octanol–water partition coefficient (Wildman–Crippen LogP) is 0.781. The smallest absolute Gasteiger partial charge is 0.320 e. The lowest BCUT2D eigenvalue weighted by Crippen LogP contribution is -2.41. The first-order valence-corrected chi connectivity index (χ1v) is 6.39. The fourth-order valence-corrected chi connectivity index (χ4v) is 2.55. The van der Waals surface area contributed by atoms with Gasteiger partial charge in [-0.2, -0.15) is 0 Å². The second-order valence-corrected chi connectivity index (χ2v) is 5.11. The maximum atomic E-state index is 11.0. The lowest BCUT2D eigenvalue weighted by molar-refractivity contribution is -0.140. The third-order valence-corrected chi connectivity index (χ3v) is 3.80. The van der Waals surface area contributed by atoms with Crippen LogP contribution in [0.1, 0.15) is 26.2 Å². The highest BCUT2D eigenvalue weighted by molar-refractivity contribution is 5.74. The molecule has 0 aromatic carbocycles. The summed E-state index contributed by atoms with van der Waals surface area (Å²) < 4.78 is 0. The van der Waals surface area contributed by atoms with Crippen molar-refractivity contribution in [2.75, 3.05) is 26.2 Å². The average Bonchev–Trinajstić information content (AvgIpc) is 2.97. The van der Waals surface area contributed by atoms with Crippen molar-refractivity contribution in [1.82, 2.24) is 10.2 Å². The number of nitrogens with zero attached hydrogens (tertiary/aromatic N) is 1. The summed E-state index contributed by atoms with van der Waals surface area (Å²) in [5, 5.41) is 12.3. The molecule has 0 aromatic heterocycles. The van der Waals surface area contributed by atoms with Crippen LogP contribution in [-0.4, -0.2) is 48.2 Å². The molecule has 0 bridgehead atoms. The molecule has 2 unspecified atom stereocenters. The molecule has 0 amide bonds. The summed E-state index contributed by atoms with van der Waals surface area (Å²) in [5.41, 5.74) is 0. The van der Waals surface area contributed by atoms with E-state index in [2.05, 4.69) is 17.1 Å². The minimum absolute atomic E-state index is 0.296. The largest absolute Gasteiger partial charge is 0.480 e.